The highest BCUT2D eigenvalue weighted by Gasteiger charge is 2.43. The highest BCUT2D eigenvalue weighted by Crippen LogP contribution is 2.34. The van der Waals surface area contributed by atoms with Gasteiger partial charge in [0.2, 0.25) is 5.91 Å². The monoisotopic (exact) mass is 311 g/mol. The fourth-order valence-electron chi connectivity index (χ4n) is 3.23. The predicted molar refractivity (Wildman–Crippen MR) is 84.3 cm³/mol. The van der Waals surface area contributed by atoms with E-state index >= 15 is 0 Å². The van der Waals surface area contributed by atoms with E-state index in [1.54, 1.807) is 4.90 Å². The third-order valence-electron chi connectivity index (χ3n) is 4.68. The molecule has 126 valence electrons. The van der Waals surface area contributed by atoms with Gasteiger partial charge in [-0.3, -0.25) is 4.79 Å². The van der Waals surface area contributed by atoms with Crippen molar-refractivity contribution >= 4 is 12.0 Å². The summed E-state index contributed by atoms with van der Waals surface area (Å²) < 4.78 is 5.42. The van der Waals surface area contributed by atoms with Gasteiger partial charge >= 0.3 is 6.09 Å². The highest BCUT2D eigenvalue weighted by molar-refractivity contribution is 5.79. The van der Waals surface area contributed by atoms with Crippen molar-refractivity contribution in [2.75, 3.05) is 26.2 Å². The van der Waals surface area contributed by atoms with Gasteiger partial charge in [-0.25, -0.2) is 4.79 Å². The number of piperidine rings is 1. The molecule has 2 aliphatic rings. The lowest BCUT2D eigenvalue weighted by atomic mass is 9.88. The van der Waals surface area contributed by atoms with Gasteiger partial charge in [-0.05, 0) is 53.0 Å². The second-order valence-corrected chi connectivity index (χ2v) is 7.77. The molecule has 2 N–H and O–H groups in total. The molecule has 0 aromatic carbocycles. The summed E-state index contributed by atoms with van der Waals surface area (Å²) in [6, 6.07) is 0. The molecule has 22 heavy (non-hydrogen) atoms. The average Bonchev–Trinajstić information content (AvgIpc) is 2.79. The van der Waals surface area contributed by atoms with Crippen molar-refractivity contribution in [1.82, 2.24) is 9.80 Å². The Labute approximate surface area is 132 Å². The summed E-state index contributed by atoms with van der Waals surface area (Å²) in [5.74, 6) is 0.469. The summed E-state index contributed by atoms with van der Waals surface area (Å²) in [6.07, 6.45) is 1.87. The maximum absolute atomic E-state index is 12.2. The summed E-state index contributed by atoms with van der Waals surface area (Å²) in [4.78, 5) is 28.1. The van der Waals surface area contributed by atoms with Crippen molar-refractivity contribution in [3.05, 3.63) is 0 Å². The Hall–Kier alpha value is -1.30. The van der Waals surface area contributed by atoms with Crippen LogP contribution < -0.4 is 5.73 Å². The Morgan fingerprint density at radius 1 is 1.36 bits per heavy atom. The molecular weight excluding hydrogens is 282 g/mol. The van der Waals surface area contributed by atoms with Gasteiger partial charge in [0.15, 0.2) is 0 Å². The normalized spacial score (nSPS) is 25.5. The van der Waals surface area contributed by atoms with E-state index in [1.165, 1.54) is 0 Å². The maximum atomic E-state index is 12.2. The molecule has 0 saturated carbocycles. The van der Waals surface area contributed by atoms with Crippen molar-refractivity contribution in [3.63, 3.8) is 0 Å². The van der Waals surface area contributed by atoms with Crippen LogP contribution in [0.1, 0.15) is 47.0 Å². The molecule has 0 radical (unpaired) electrons. The van der Waals surface area contributed by atoms with Crippen LogP contribution in [0.5, 0.6) is 0 Å². The summed E-state index contributed by atoms with van der Waals surface area (Å²) in [7, 11) is 0. The lowest BCUT2D eigenvalue weighted by Crippen LogP contribution is -2.55. The highest BCUT2D eigenvalue weighted by atomic mass is 16.6. The Kier molecular flexibility index (Phi) is 4.70. The van der Waals surface area contributed by atoms with Crippen LogP contribution in [0.2, 0.25) is 0 Å². The van der Waals surface area contributed by atoms with Gasteiger partial charge in [0.25, 0.3) is 0 Å². The number of carbonyl (C=O) groups is 2. The minimum atomic E-state index is -0.475. The summed E-state index contributed by atoms with van der Waals surface area (Å²) in [5, 5.41) is 0. The number of nitrogens with two attached hydrogens (primary N) is 1. The van der Waals surface area contributed by atoms with Crippen LogP contribution in [0.4, 0.5) is 4.79 Å². The van der Waals surface area contributed by atoms with Gasteiger partial charge in [-0.1, -0.05) is 0 Å². The number of hydrogen-bond acceptors (Lipinski definition) is 4. The van der Waals surface area contributed by atoms with E-state index in [9.17, 15) is 9.59 Å². The zero-order chi connectivity index (χ0) is 16.5. The molecule has 0 aromatic heterocycles. The molecule has 1 atom stereocenters. The molecule has 2 aliphatic heterocycles. The van der Waals surface area contributed by atoms with Crippen LogP contribution in [0, 0.1) is 5.92 Å². The first-order valence-electron chi connectivity index (χ1n) is 8.13. The number of nitrogens with zero attached hydrogens (tertiary/aromatic N) is 2. The molecule has 6 nitrogen and oxygen atoms in total. The third-order valence-corrected chi connectivity index (χ3v) is 4.68. The molecule has 6 heteroatoms. The molecule has 0 spiro atoms. The predicted octanol–water partition coefficient (Wildman–Crippen LogP) is 1.58. The first-order chi connectivity index (χ1) is 10.1. The molecule has 0 bridgehead atoms. The molecule has 2 rings (SSSR count). The van der Waals surface area contributed by atoms with Crippen LogP contribution >= 0.6 is 0 Å². The quantitative estimate of drug-likeness (QED) is 0.840. The lowest BCUT2D eigenvalue weighted by molar-refractivity contribution is -0.134. The number of hydrogen-bond donors (Lipinski definition) is 1. The maximum Gasteiger partial charge on any atom is 0.410 e. The lowest BCUT2D eigenvalue weighted by Gasteiger charge is -2.45. The van der Waals surface area contributed by atoms with Crippen molar-refractivity contribution in [1.29, 1.82) is 0 Å². The standard InChI is InChI=1S/C16H29N3O3/c1-15(2,3)22-14(21)18-7-5-16(4,6-8-18)19-11-12(10-17)9-13(19)20/h12H,5-11,17H2,1-4H3. The molecular formula is C16H29N3O3. The van der Waals surface area contributed by atoms with E-state index in [0.717, 1.165) is 19.4 Å². The van der Waals surface area contributed by atoms with Gasteiger partial charge in [0.1, 0.15) is 5.60 Å². The van der Waals surface area contributed by atoms with Gasteiger partial charge in [0.05, 0.1) is 0 Å². The van der Waals surface area contributed by atoms with E-state index < -0.39 is 5.60 Å². The van der Waals surface area contributed by atoms with Crippen molar-refractivity contribution < 1.29 is 14.3 Å². The second-order valence-electron chi connectivity index (χ2n) is 7.77. The number of amides is 2. The van der Waals surface area contributed by atoms with Crippen molar-refractivity contribution in [2.45, 2.75) is 58.1 Å². The summed E-state index contributed by atoms with van der Waals surface area (Å²) in [6.45, 7) is 10.3. The van der Waals surface area contributed by atoms with Crippen molar-refractivity contribution in [2.24, 2.45) is 11.7 Å². The zero-order valence-corrected chi connectivity index (χ0v) is 14.2. The van der Waals surface area contributed by atoms with Gasteiger partial charge in [0, 0.05) is 31.6 Å². The first kappa shape index (κ1) is 17.1. The van der Waals surface area contributed by atoms with Gasteiger partial charge < -0.3 is 20.3 Å². The van der Waals surface area contributed by atoms with E-state index in [-0.39, 0.29) is 23.5 Å². The van der Waals surface area contributed by atoms with E-state index in [4.69, 9.17) is 10.5 Å². The number of ether oxygens (including phenoxy) is 1. The van der Waals surface area contributed by atoms with E-state index in [2.05, 4.69) is 6.92 Å². The number of carbonyl (C=O) groups excluding carboxylic acids is 2. The zero-order valence-electron chi connectivity index (χ0n) is 14.2. The van der Waals surface area contributed by atoms with E-state index in [1.807, 2.05) is 25.7 Å². The Morgan fingerprint density at radius 2 is 1.95 bits per heavy atom. The van der Waals surface area contributed by atoms with Crippen LogP contribution in [-0.4, -0.2) is 59.1 Å². The first-order valence-corrected chi connectivity index (χ1v) is 8.13. The Balaban J connectivity index is 1.93. The largest absolute Gasteiger partial charge is 0.444 e. The SMILES string of the molecule is CC(C)(C)OC(=O)N1CCC(C)(N2CC(CN)CC2=O)CC1. The van der Waals surface area contributed by atoms with Crippen LogP contribution in [0.25, 0.3) is 0 Å². The minimum absolute atomic E-state index is 0.167. The molecule has 0 aromatic rings. The summed E-state index contributed by atoms with van der Waals surface area (Å²) in [5.41, 5.74) is 5.06. The molecule has 1 unspecified atom stereocenters. The molecule has 2 fully saturated rings. The van der Waals surface area contributed by atoms with Gasteiger partial charge in [-0.15, -0.1) is 0 Å². The second kappa shape index (κ2) is 6.07. The summed E-state index contributed by atoms with van der Waals surface area (Å²) >= 11 is 0. The average molecular weight is 311 g/mol. The topological polar surface area (TPSA) is 75.9 Å². The number of rotatable bonds is 2. The molecule has 2 heterocycles. The van der Waals surface area contributed by atoms with Crippen LogP contribution in [0.15, 0.2) is 0 Å². The third kappa shape index (κ3) is 3.72. The smallest absolute Gasteiger partial charge is 0.410 e. The van der Waals surface area contributed by atoms with Crippen LogP contribution in [0.3, 0.4) is 0 Å². The molecule has 0 aliphatic carbocycles. The minimum Gasteiger partial charge on any atom is -0.444 e. The van der Waals surface area contributed by atoms with Crippen molar-refractivity contribution in [3.8, 4) is 0 Å². The van der Waals surface area contributed by atoms with Crippen LogP contribution in [-0.2, 0) is 9.53 Å². The van der Waals surface area contributed by atoms with Gasteiger partial charge in [-0.2, -0.15) is 0 Å². The van der Waals surface area contributed by atoms with E-state index in [0.29, 0.717) is 26.1 Å². The Morgan fingerprint density at radius 3 is 2.41 bits per heavy atom. The fourth-order valence-corrected chi connectivity index (χ4v) is 3.23. The fraction of sp³-hybridized carbons (Fsp3) is 0.875. The Bertz CT molecular complexity index is 436. The number of likely N-dealkylation sites (tertiary alicyclic amines) is 2. The molecule has 2 saturated heterocycles. The molecule has 2 amide bonds.